The molecule has 1 aromatic rings. The fraction of sp³-hybridized carbons (Fsp3) is 0.684. The van der Waals surface area contributed by atoms with Crippen molar-refractivity contribution in [2.45, 2.75) is 38.5 Å². The zero-order chi connectivity index (χ0) is 14.2. The molecule has 0 aromatic heterocycles. The summed E-state index contributed by atoms with van der Waals surface area (Å²) in [5.41, 5.74) is 1.31. The van der Waals surface area contributed by atoms with Gasteiger partial charge in [-0.25, -0.2) is 0 Å². The Kier molecular flexibility index (Phi) is 3.66. The maximum atomic E-state index is 9.30. The molecule has 4 aliphatic carbocycles. The first-order valence-corrected chi connectivity index (χ1v) is 8.76. The predicted octanol–water partition coefficient (Wildman–Crippen LogP) is 3.60. The van der Waals surface area contributed by atoms with Gasteiger partial charge in [-0.3, -0.25) is 0 Å². The maximum Gasteiger partial charge on any atom is 0.115 e. The van der Waals surface area contributed by atoms with E-state index in [-0.39, 0.29) is 0 Å². The fourth-order valence-electron chi connectivity index (χ4n) is 5.54. The summed E-state index contributed by atoms with van der Waals surface area (Å²) in [7, 11) is 0. The molecule has 0 aliphatic heterocycles. The SMILES string of the molecule is Oc1ccc(CCNCC2C3CC4CC(C3)CC2C4)cc1. The molecule has 2 N–H and O–H groups in total. The first-order valence-electron chi connectivity index (χ1n) is 8.76. The Balaban J connectivity index is 1.25. The minimum Gasteiger partial charge on any atom is -0.508 e. The van der Waals surface area contributed by atoms with Crippen LogP contribution in [0.25, 0.3) is 0 Å². The molecule has 0 saturated heterocycles. The molecule has 0 amide bonds. The van der Waals surface area contributed by atoms with E-state index in [0.717, 1.165) is 42.6 Å². The van der Waals surface area contributed by atoms with Gasteiger partial charge in [0.1, 0.15) is 5.75 Å². The highest BCUT2D eigenvalue weighted by molar-refractivity contribution is 5.25. The van der Waals surface area contributed by atoms with Gasteiger partial charge in [0, 0.05) is 0 Å². The van der Waals surface area contributed by atoms with Crippen molar-refractivity contribution in [3.63, 3.8) is 0 Å². The van der Waals surface area contributed by atoms with Crippen molar-refractivity contribution in [3.05, 3.63) is 29.8 Å². The van der Waals surface area contributed by atoms with Crippen LogP contribution < -0.4 is 5.32 Å². The summed E-state index contributed by atoms with van der Waals surface area (Å²) in [4.78, 5) is 0. The second kappa shape index (κ2) is 5.64. The zero-order valence-corrected chi connectivity index (χ0v) is 12.8. The number of hydrogen-bond acceptors (Lipinski definition) is 2. The average Bonchev–Trinajstić information content (AvgIpc) is 2.47. The Morgan fingerprint density at radius 1 is 0.905 bits per heavy atom. The number of aromatic hydroxyl groups is 1. The van der Waals surface area contributed by atoms with Crippen LogP contribution in [0.5, 0.6) is 5.75 Å². The van der Waals surface area contributed by atoms with Gasteiger partial charge in [0.25, 0.3) is 0 Å². The summed E-state index contributed by atoms with van der Waals surface area (Å²) in [6, 6.07) is 7.63. The zero-order valence-electron chi connectivity index (χ0n) is 12.8. The Hall–Kier alpha value is -1.02. The molecule has 4 aliphatic rings. The summed E-state index contributed by atoms with van der Waals surface area (Å²) in [5.74, 6) is 5.55. The molecule has 5 rings (SSSR count). The van der Waals surface area contributed by atoms with E-state index in [1.165, 1.54) is 37.8 Å². The number of hydrogen-bond donors (Lipinski definition) is 2. The molecule has 0 spiro atoms. The minimum absolute atomic E-state index is 0.361. The summed E-state index contributed by atoms with van der Waals surface area (Å²) in [5, 5.41) is 13.0. The predicted molar refractivity (Wildman–Crippen MR) is 85.2 cm³/mol. The van der Waals surface area contributed by atoms with Gasteiger partial charge in [0.05, 0.1) is 0 Å². The lowest BCUT2D eigenvalue weighted by atomic mass is 9.52. The largest absolute Gasteiger partial charge is 0.508 e. The summed E-state index contributed by atoms with van der Waals surface area (Å²) in [6.07, 6.45) is 8.71. The van der Waals surface area contributed by atoms with Crippen molar-refractivity contribution >= 4 is 0 Å². The average molecular weight is 285 g/mol. The molecule has 0 unspecified atom stereocenters. The van der Waals surface area contributed by atoms with Crippen LogP contribution in [-0.2, 0) is 6.42 Å². The molecule has 0 atom stereocenters. The number of nitrogens with one attached hydrogen (secondary N) is 1. The quantitative estimate of drug-likeness (QED) is 0.810. The summed E-state index contributed by atoms with van der Waals surface area (Å²) < 4.78 is 0. The highest BCUT2D eigenvalue weighted by atomic mass is 16.3. The molecule has 4 saturated carbocycles. The Bertz CT molecular complexity index is 453. The van der Waals surface area contributed by atoms with E-state index in [2.05, 4.69) is 5.32 Å². The molecule has 21 heavy (non-hydrogen) atoms. The molecule has 4 fully saturated rings. The van der Waals surface area contributed by atoms with Crippen LogP contribution in [0.15, 0.2) is 24.3 Å². The van der Waals surface area contributed by atoms with Crippen LogP contribution in [0, 0.1) is 29.6 Å². The van der Waals surface area contributed by atoms with Crippen LogP contribution >= 0.6 is 0 Å². The van der Waals surface area contributed by atoms with Crippen LogP contribution in [0.2, 0.25) is 0 Å². The van der Waals surface area contributed by atoms with E-state index in [4.69, 9.17) is 0 Å². The normalized spacial score (nSPS) is 37.0. The third-order valence-corrected chi connectivity index (χ3v) is 6.33. The number of benzene rings is 1. The molecular formula is C19H27NO. The summed E-state index contributed by atoms with van der Waals surface area (Å²) in [6.45, 7) is 2.29. The lowest BCUT2D eigenvalue weighted by molar-refractivity contribution is -0.0353. The van der Waals surface area contributed by atoms with Crippen LogP contribution in [0.3, 0.4) is 0 Å². The van der Waals surface area contributed by atoms with Gasteiger partial charge in [-0.1, -0.05) is 12.1 Å². The number of rotatable bonds is 5. The lowest BCUT2D eigenvalue weighted by Gasteiger charge is -2.54. The molecule has 2 nitrogen and oxygen atoms in total. The van der Waals surface area contributed by atoms with Crippen molar-refractivity contribution in [2.24, 2.45) is 29.6 Å². The van der Waals surface area contributed by atoms with Crippen molar-refractivity contribution in [3.8, 4) is 5.75 Å². The fourth-order valence-corrected chi connectivity index (χ4v) is 5.54. The first-order chi connectivity index (χ1) is 10.3. The second-order valence-electron chi connectivity index (χ2n) is 7.72. The van der Waals surface area contributed by atoms with E-state index in [9.17, 15) is 5.11 Å². The van der Waals surface area contributed by atoms with E-state index >= 15 is 0 Å². The standard InChI is InChI=1S/C19H27NO/c21-18-3-1-13(2-4-18)5-6-20-12-19-16-8-14-7-15(10-16)11-17(19)9-14/h1-4,14-17,19-21H,5-12H2. The highest BCUT2D eigenvalue weighted by Crippen LogP contribution is 2.56. The molecule has 1 aromatic carbocycles. The molecule has 0 heterocycles. The lowest BCUT2D eigenvalue weighted by Crippen LogP contribution is -2.48. The van der Waals surface area contributed by atoms with Gasteiger partial charge >= 0.3 is 0 Å². The second-order valence-corrected chi connectivity index (χ2v) is 7.72. The van der Waals surface area contributed by atoms with Crippen molar-refractivity contribution in [1.29, 1.82) is 0 Å². The monoisotopic (exact) mass is 285 g/mol. The van der Waals surface area contributed by atoms with E-state index < -0.39 is 0 Å². The van der Waals surface area contributed by atoms with E-state index in [1.54, 1.807) is 18.6 Å². The van der Waals surface area contributed by atoms with Gasteiger partial charge in [0.15, 0.2) is 0 Å². The van der Waals surface area contributed by atoms with Gasteiger partial charge in [-0.15, -0.1) is 0 Å². The van der Waals surface area contributed by atoms with Crippen LogP contribution in [0.1, 0.15) is 37.7 Å². The Morgan fingerprint density at radius 3 is 2.14 bits per heavy atom. The minimum atomic E-state index is 0.361. The van der Waals surface area contributed by atoms with Crippen molar-refractivity contribution < 1.29 is 5.11 Å². The highest BCUT2D eigenvalue weighted by Gasteiger charge is 2.47. The van der Waals surface area contributed by atoms with Crippen molar-refractivity contribution in [1.82, 2.24) is 5.32 Å². The molecule has 0 radical (unpaired) electrons. The summed E-state index contributed by atoms with van der Waals surface area (Å²) >= 11 is 0. The van der Waals surface area contributed by atoms with Crippen molar-refractivity contribution in [2.75, 3.05) is 13.1 Å². The van der Waals surface area contributed by atoms with Gasteiger partial charge in [0.2, 0.25) is 0 Å². The smallest absolute Gasteiger partial charge is 0.115 e. The maximum absolute atomic E-state index is 9.30. The Labute approximate surface area is 128 Å². The number of phenolic OH excluding ortho intramolecular Hbond substituents is 1. The molecular weight excluding hydrogens is 258 g/mol. The number of phenols is 1. The van der Waals surface area contributed by atoms with Gasteiger partial charge in [-0.2, -0.15) is 0 Å². The molecule has 114 valence electrons. The van der Waals surface area contributed by atoms with E-state index in [1.807, 2.05) is 12.1 Å². The first kappa shape index (κ1) is 13.6. The van der Waals surface area contributed by atoms with E-state index in [0.29, 0.717) is 5.75 Å². The van der Waals surface area contributed by atoms with Crippen LogP contribution in [-0.4, -0.2) is 18.2 Å². The third kappa shape index (κ3) is 2.83. The molecule has 4 bridgehead atoms. The molecule has 2 heteroatoms. The third-order valence-electron chi connectivity index (χ3n) is 6.33. The van der Waals surface area contributed by atoms with Gasteiger partial charge in [-0.05, 0) is 98.9 Å². The Morgan fingerprint density at radius 2 is 1.52 bits per heavy atom. The van der Waals surface area contributed by atoms with Crippen LogP contribution in [0.4, 0.5) is 0 Å². The topological polar surface area (TPSA) is 32.3 Å². The van der Waals surface area contributed by atoms with Gasteiger partial charge < -0.3 is 10.4 Å².